The minimum atomic E-state index is -3.39. The average Bonchev–Trinajstić information content (AvgIpc) is 3.57. The second-order valence-electron chi connectivity index (χ2n) is 8.62. The van der Waals surface area contributed by atoms with E-state index in [0.717, 1.165) is 12.8 Å². The quantitative estimate of drug-likeness (QED) is 0.264. The molecule has 0 fully saturated rings. The van der Waals surface area contributed by atoms with Crippen LogP contribution in [0.5, 0.6) is 0 Å². The van der Waals surface area contributed by atoms with Crippen LogP contribution in [0.15, 0.2) is 134 Å². The number of allylic oxidation sites excluding steroid dienone is 8. The molecule has 0 aromatic heterocycles. The van der Waals surface area contributed by atoms with Crippen molar-refractivity contribution in [2.75, 3.05) is 0 Å². The molecule has 0 heterocycles. The topological polar surface area (TPSA) is 0 Å². The summed E-state index contributed by atoms with van der Waals surface area (Å²) in [6, 6.07) is 34.6. The molecule has 3 aromatic rings. The van der Waals surface area contributed by atoms with Gasteiger partial charge < -0.3 is 0 Å². The van der Waals surface area contributed by atoms with Crippen LogP contribution >= 0.6 is 0 Å². The molecule has 31 heavy (non-hydrogen) atoms. The number of rotatable bonds is 6. The van der Waals surface area contributed by atoms with Crippen molar-refractivity contribution in [1.29, 1.82) is 0 Å². The van der Waals surface area contributed by atoms with E-state index in [1.807, 2.05) is 0 Å². The Kier molecular flexibility index (Phi) is 5.77. The Morgan fingerprint density at radius 2 is 0.903 bits per heavy atom. The van der Waals surface area contributed by atoms with Crippen LogP contribution in [0.3, 0.4) is 0 Å². The first-order valence-electron chi connectivity index (χ1n) is 11.2. The van der Waals surface area contributed by atoms with Crippen LogP contribution in [-0.4, -0.2) is 5.26 Å². The fraction of sp³-hybridized carbons (Fsp3) is 0.103. The number of hydrogen-bond donors (Lipinski definition) is 0. The first kappa shape index (κ1) is 20.6. The van der Waals surface area contributed by atoms with Crippen molar-refractivity contribution >= 4 is 20.8 Å². The molecule has 2 heteroatoms. The van der Waals surface area contributed by atoms with Gasteiger partial charge in [0.25, 0.3) is 0 Å². The molecule has 0 atom stereocenters. The van der Waals surface area contributed by atoms with Crippen LogP contribution < -0.4 is 15.6 Å². The van der Waals surface area contributed by atoms with Crippen molar-refractivity contribution in [3.05, 3.63) is 134 Å². The first-order chi connectivity index (χ1) is 15.3. The maximum absolute atomic E-state index is 3.39. The Morgan fingerprint density at radius 3 is 1.19 bits per heavy atom. The second-order valence-corrected chi connectivity index (χ2v) is 40.8. The summed E-state index contributed by atoms with van der Waals surface area (Å²) in [6.07, 6.45) is 16.6. The van der Waals surface area contributed by atoms with Crippen molar-refractivity contribution in [3.63, 3.8) is 0 Å². The SMILES string of the molecule is [CH3][Hf]([C]1=CC=CC1)([C]1=CC=CC1)[Si](c1ccccc1)(c1ccccc1)c1ccccc1. The molecule has 2 aliphatic carbocycles. The standard InChI is InChI=1S/C18H15Si.2C5H5.CH3.Hf/c1-4-10-16(11-5-1)19(17-12-6-2-7-13-17)18-14-8-3-9-15-18;2*1-2-4-5-3-1;;/h1-15H;2*1-3H,4H2;1H3;. The van der Waals surface area contributed by atoms with Gasteiger partial charge in [0.05, 0.1) is 0 Å². The number of hydrogen-bond acceptors (Lipinski definition) is 0. The monoisotopic (exact) mass is 584 g/mol. The van der Waals surface area contributed by atoms with Gasteiger partial charge in [-0.05, 0) is 0 Å². The summed E-state index contributed by atoms with van der Waals surface area (Å²) in [4.78, 5) is 0. The Bertz CT molecular complexity index is 1040. The molecule has 0 spiro atoms. The van der Waals surface area contributed by atoms with E-state index in [4.69, 9.17) is 0 Å². The zero-order valence-electron chi connectivity index (χ0n) is 18.0. The molecule has 0 saturated heterocycles. The fourth-order valence-electron chi connectivity index (χ4n) is 5.75. The van der Waals surface area contributed by atoms with Crippen molar-refractivity contribution in [3.8, 4) is 0 Å². The van der Waals surface area contributed by atoms with E-state index in [0.29, 0.717) is 0 Å². The molecular formula is C29H28HfSi. The summed E-state index contributed by atoms with van der Waals surface area (Å²) >= 11 is -3.39. The summed E-state index contributed by atoms with van der Waals surface area (Å²) in [5.41, 5.74) is 0. The molecule has 0 aliphatic heterocycles. The van der Waals surface area contributed by atoms with E-state index in [1.165, 1.54) is 0 Å². The molecule has 0 bridgehead atoms. The van der Waals surface area contributed by atoms with E-state index < -0.39 is 24.4 Å². The Hall–Kier alpha value is -2.29. The van der Waals surface area contributed by atoms with Gasteiger partial charge in [-0.15, -0.1) is 0 Å². The average molecular weight is 583 g/mol. The third-order valence-corrected chi connectivity index (χ3v) is 54.9. The summed E-state index contributed by atoms with van der Waals surface area (Å²) in [7, 11) is 0. The Morgan fingerprint density at radius 1 is 0.548 bits per heavy atom. The van der Waals surface area contributed by atoms with Crippen LogP contribution in [0.2, 0.25) is 4.68 Å². The van der Waals surface area contributed by atoms with Gasteiger partial charge in [-0.25, -0.2) is 0 Å². The van der Waals surface area contributed by atoms with E-state index in [-0.39, 0.29) is 0 Å². The third kappa shape index (κ3) is 3.28. The van der Waals surface area contributed by atoms with Gasteiger partial charge in [0, 0.05) is 0 Å². The second kappa shape index (κ2) is 8.68. The fourth-order valence-corrected chi connectivity index (χ4v) is 57.4. The normalized spacial score (nSPS) is 15.8. The molecule has 0 unspecified atom stereocenters. The van der Waals surface area contributed by atoms with Gasteiger partial charge in [-0.2, -0.15) is 0 Å². The maximum atomic E-state index is 2.75. The summed E-state index contributed by atoms with van der Waals surface area (Å²) in [5.74, 6) is 0. The van der Waals surface area contributed by atoms with Gasteiger partial charge in [0.2, 0.25) is 0 Å². The van der Waals surface area contributed by atoms with Crippen molar-refractivity contribution in [2.24, 2.45) is 0 Å². The van der Waals surface area contributed by atoms with Gasteiger partial charge >= 0.3 is 192 Å². The molecule has 3 aromatic carbocycles. The van der Waals surface area contributed by atoms with Gasteiger partial charge in [0.1, 0.15) is 0 Å². The zero-order valence-corrected chi connectivity index (χ0v) is 22.6. The summed E-state index contributed by atoms with van der Waals surface area (Å²) in [5, 5.41) is 2.40. The predicted octanol–water partition coefficient (Wildman–Crippen LogP) is 5.54. The molecule has 0 amide bonds. The van der Waals surface area contributed by atoms with Gasteiger partial charge in [-0.3, -0.25) is 0 Å². The van der Waals surface area contributed by atoms with Crippen molar-refractivity contribution in [2.45, 2.75) is 17.5 Å². The number of benzene rings is 3. The van der Waals surface area contributed by atoms with Crippen LogP contribution in [0.4, 0.5) is 0 Å². The molecule has 2 aliphatic rings. The van der Waals surface area contributed by atoms with Gasteiger partial charge in [0.15, 0.2) is 0 Å². The van der Waals surface area contributed by atoms with Crippen LogP contribution in [-0.2, 0) is 19.1 Å². The van der Waals surface area contributed by atoms with E-state index >= 15 is 0 Å². The Balaban J connectivity index is 1.94. The predicted molar refractivity (Wildman–Crippen MR) is 134 cm³/mol. The minimum absolute atomic E-state index is 1.12. The molecule has 152 valence electrons. The molecule has 0 N–H and O–H groups in total. The summed E-state index contributed by atoms with van der Waals surface area (Å²) < 4.78 is 6.26. The Labute approximate surface area is 190 Å². The molecule has 0 saturated carbocycles. The van der Waals surface area contributed by atoms with Gasteiger partial charge in [-0.1, -0.05) is 0 Å². The molecule has 0 nitrogen and oxygen atoms in total. The van der Waals surface area contributed by atoms with Crippen molar-refractivity contribution < 1.29 is 19.1 Å². The first-order valence-corrected chi connectivity index (χ1v) is 25.7. The molecular weight excluding hydrogens is 555 g/mol. The van der Waals surface area contributed by atoms with Crippen molar-refractivity contribution in [1.82, 2.24) is 0 Å². The van der Waals surface area contributed by atoms with E-state index in [9.17, 15) is 0 Å². The van der Waals surface area contributed by atoms with E-state index in [2.05, 4.69) is 132 Å². The third-order valence-electron chi connectivity index (χ3n) is 7.20. The van der Waals surface area contributed by atoms with Crippen LogP contribution in [0, 0.1) is 0 Å². The zero-order chi connectivity index (χ0) is 21.2. The summed E-state index contributed by atoms with van der Waals surface area (Å²) in [6.45, 7) is 0. The van der Waals surface area contributed by atoms with Crippen LogP contribution in [0.1, 0.15) is 12.8 Å². The molecule has 0 radical (unpaired) electrons. The van der Waals surface area contributed by atoms with Crippen LogP contribution in [0.25, 0.3) is 0 Å². The molecule has 5 rings (SSSR count). The van der Waals surface area contributed by atoms with E-state index in [1.54, 1.807) is 22.2 Å².